The molecule has 1 atom stereocenters. The Labute approximate surface area is 185 Å². The van der Waals surface area contributed by atoms with Crippen LogP contribution >= 0.6 is 0 Å². The maximum atomic E-state index is 12.9. The third-order valence-electron chi connectivity index (χ3n) is 5.54. The van der Waals surface area contributed by atoms with Crippen molar-refractivity contribution in [2.45, 2.75) is 19.4 Å². The van der Waals surface area contributed by atoms with E-state index in [9.17, 15) is 4.79 Å². The molecule has 0 N–H and O–H groups in total. The van der Waals surface area contributed by atoms with Crippen molar-refractivity contribution in [3.05, 3.63) is 84.2 Å². The third-order valence-corrected chi connectivity index (χ3v) is 5.54. The summed E-state index contributed by atoms with van der Waals surface area (Å²) in [6.45, 7) is 3.00. The number of aromatic nitrogens is 3. The number of likely N-dealkylation sites (tertiary alicyclic amines) is 1. The van der Waals surface area contributed by atoms with Crippen LogP contribution in [0.1, 0.15) is 22.5 Å². The van der Waals surface area contributed by atoms with Gasteiger partial charge in [0.25, 0.3) is 11.8 Å². The summed E-state index contributed by atoms with van der Waals surface area (Å²) >= 11 is 0. The molecule has 1 unspecified atom stereocenters. The first-order valence-corrected chi connectivity index (χ1v) is 10.5. The average Bonchev–Trinajstić information content (AvgIpc) is 3.50. The van der Waals surface area contributed by atoms with Crippen molar-refractivity contribution in [2.24, 2.45) is 0 Å². The number of carbonyl (C=O) groups excluding carboxylic acids is 1. The highest BCUT2D eigenvalue weighted by atomic mass is 16.5. The van der Waals surface area contributed by atoms with E-state index in [0.29, 0.717) is 36.1 Å². The minimum atomic E-state index is -0.117. The molecule has 1 fully saturated rings. The Balaban J connectivity index is 1.32. The number of ether oxygens (including phenoxy) is 1. The number of pyridine rings is 1. The summed E-state index contributed by atoms with van der Waals surface area (Å²) in [5.74, 6) is 1.57. The van der Waals surface area contributed by atoms with Crippen LogP contribution in [0.3, 0.4) is 0 Å². The molecule has 0 saturated carbocycles. The Morgan fingerprint density at radius 2 is 1.88 bits per heavy atom. The zero-order valence-corrected chi connectivity index (χ0v) is 17.6. The lowest BCUT2D eigenvalue weighted by molar-refractivity contribution is 0.0771. The lowest BCUT2D eigenvalue weighted by Crippen LogP contribution is -2.31. The minimum Gasteiger partial charge on any atom is -0.488 e. The van der Waals surface area contributed by atoms with Gasteiger partial charge >= 0.3 is 0 Å². The lowest BCUT2D eigenvalue weighted by atomic mass is 10.2. The highest BCUT2D eigenvalue weighted by molar-refractivity contribution is 5.95. The number of nitrogens with zero attached hydrogens (tertiary/aromatic N) is 4. The first kappa shape index (κ1) is 19.9. The highest BCUT2D eigenvalue weighted by Crippen LogP contribution is 2.32. The Morgan fingerprint density at radius 1 is 1.06 bits per heavy atom. The van der Waals surface area contributed by atoms with Gasteiger partial charge in [-0.15, -0.1) is 0 Å². The monoisotopic (exact) mass is 426 g/mol. The van der Waals surface area contributed by atoms with Crippen molar-refractivity contribution in [3.63, 3.8) is 0 Å². The Bertz CT molecular complexity index is 1240. The van der Waals surface area contributed by atoms with Crippen LogP contribution in [-0.4, -0.2) is 45.1 Å². The molecule has 1 aliphatic heterocycles. The smallest absolute Gasteiger partial charge is 0.262 e. The Hall–Kier alpha value is -4.00. The second kappa shape index (κ2) is 8.63. The molecule has 1 aliphatic rings. The van der Waals surface area contributed by atoms with Gasteiger partial charge in [0.05, 0.1) is 17.7 Å². The number of aryl methyl sites for hydroxylation is 1. The van der Waals surface area contributed by atoms with E-state index in [1.807, 2.05) is 72.5 Å². The van der Waals surface area contributed by atoms with Crippen LogP contribution in [0, 0.1) is 6.92 Å². The van der Waals surface area contributed by atoms with Crippen LogP contribution in [0.2, 0.25) is 0 Å². The van der Waals surface area contributed by atoms with Gasteiger partial charge in [-0.1, -0.05) is 47.6 Å². The fourth-order valence-electron chi connectivity index (χ4n) is 3.85. The van der Waals surface area contributed by atoms with Gasteiger partial charge in [-0.2, -0.15) is 4.98 Å². The summed E-state index contributed by atoms with van der Waals surface area (Å²) in [6.07, 6.45) is 2.33. The summed E-state index contributed by atoms with van der Waals surface area (Å²) in [7, 11) is 0. The van der Waals surface area contributed by atoms with E-state index in [1.54, 1.807) is 12.3 Å². The largest absolute Gasteiger partial charge is 0.488 e. The van der Waals surface area contributed by atoms with E-state index in [-0.39, 0.29) is 12.0 Å². The fraction of sp³-hybridized carbons (Fsp3) is 0.200. The van der Waals surface area contributed by atoms with Crippen molar-refractivity contribution in [3.8, 4) is 28.6 Å². The van der Waals surface area contributed by atoms with Gasteiger partial charge < -0.3 is 14.2 Å². The molecule has 5 rings (SSSR count). The molecule has 7 heteroatoms. The van der Waals surface area contributed by atoms with Gasteiger partial charge in [0.1, 0.15) is 11.9 Å². The predicted molar refractivity (Wildman–Crippen MR) is 119 cm³/mol. The second-order valence-electron chi connectivity index (χ2n) is 7.70. The van der Waals surface area contributed by atoms with Gasteiger partial charge in [0, 0.05) is 30.4 Å². The van der Waals surface area contributed by atoms with Gasteiger partial charge in [0.15, 0.2) is 0 Å². The first-order chi connectivity index (χ1) is 15.7. The highest BCUT2D eigenvalue weighted by Gasteiger charge is 2.30. The number of carbonyl (C=O) groups is 1. The molecular weight excluding hydrogens is 404 g/mol. The zero-order chi connectivity index (χ0) is 21.9. The normalized spacial score (nSPS) is 15.7. The summed E-state index contributed by atoms with van der Waals surface area (Å²) in [4.78, 5) is 23.5. The number of hydrogen-bond donors (Lipinski definition) is 0. The number of hydrogen-bond acceptors (Lipinski definition) is 6. The molecule has 160 valence electrons. The molecule has 1 saturated heterocycles. The number of rotatable bonds is 5. The lowest BCUT2D eigenvalue weighted by Gasteiger charge is -2.18. The van der Waals surface area contributed by atoms with Crippen molar-refractivity contribution in [1.82, 2.24) is 20.0 Å². The SMILES string of the molecule is Cc1ncccc1C(=O)N1CCC(Oc2ccccc2-c2nc(-c3ccccc3)no2)C1. The van der Waals surface area contributed by atoms with Gasteiger partial charge in [-0.05, 0) is 31.2 Å². The van der Waals surface area contributed by atoms with Crippen molar-refractivity contribution in [1.29, 1.82) is 0 Å². The van der Waals surface area contributed by atoms with E-state index >= 15 is 0 Å². The van der Waals surface area contributed by atoms with Gasteiger partial charge in [0.2, 0.25) is 5.82 Å². The van der Waals surface area contributed by atoms with Crippen molar-refractivity contribution >= 4 is 5.91 Å². The standard InChI is InChI=1S/C25H22N4O3/c1-17-20(11-7-14-26-17)25(30)29-15-13-19(16-29)31-22-12-6-5-10-21(22)24-27-23(28-32-24)18-8-3-2-4-9-18/h2-12,14,19H,13,15-16H2,1H3. The molecule has 1 amide bonds. The number of para-hydroxylation sites is 1. The van der Waals surface area contributed by atoms with Crippen molar-refractivity contribution < 1.29 is 14.1 Å². The molecule has 0 radical (unpaired) electrons. The molecule has 0 aliphatic carbocycles. The van der Waals surface area contributed by atoms with E-state index in [4.69, 9.17) is 9.26 Å². The predicted octanol–water partition coefficient (Wildman–Crippen LogP) is 4.40. The van der Waals surface area contributed by atoms with E-state index in [2.05, 4.69) is 15.1 Å². The van der Waals surface area contributed by atoms with E-state index in [1.165, 1.54) is 0 Å². The topological polar surface area (TPSA) is 81.4 Å². The second-order valence-corrected chi connectivity index (χ2v) is 7.70. The Morgan fingerprint density at radius 3 is 2.72 bits per heavy atom. The van der Waals surface area contributed by atoms with Crippen LogP contribution in [0.4, 0.5) is 0 Å². The first-order valence-electron chi connectivity index (χ1n) is 10.5. The van der Waals surface area contributed by atoms with E-state index < -0.39 is 0 Å². The van der Waals surface area contributed by atoms with Crippen LogP contribution in [-0.2, 0) is 0 Å². The number of benzene rings is 2. The van der Waals surface area contributed by atoms with Gasteiger partial charge in [-0.25, -0.2) is 0 Å². The molecule has 3 heterocycles. The summed E-state index contributed by atoms with van der Waals surface area (Å²) in [6, 6.07) is 20.9. The summed E-state index contributed by atoms with van der Waals surface area (Å²) in [5, 5.41) is 4.11. The quantitative estimate of drug-likeness (QED) is 0.470. The zero-order valence-electron chi connectivity index (χ0n) is 17.6. The van der Waals surface area contributed by atoms with Gasteiger partial charge in [-0.3, -0.25) is 9.78 Å². The van der Waals surface area contributed by atoms with Crippen LogP contribution in [0.15, 0.2) is 77.4 Å². The van der Waals surface area contributed by atoms with Crippen LogP contribution < -0.4 is 4.74 Å². The third kappa shape index (κ3) is 3.97. The van der Waals surface area contributed by atoms with Crippen LogP contribution in [0.25, 0.3) is 22.8 Å². The average molecular weight is 426 g/mol. The molecule has 2 aromatic heterocycles. The molecule has 7 nitrogen and oxygen atoms in total. The molecule has 4 aromatic rings. The minimum absolute atomic E-state index is 0.0145. The molecule has 32 heavy (non-hydrogen) atoms. The summed E-state index contributed by atoms with van der Waals surface area (Å²) in [5.41, 5.74) is 2.98. The molecule has 2 aromatic carbocycles. The molecular formula is C25H22N4O3. The summed E-state index contributed by atoms with van der Waals surface area (Å²) < 4.78 is 11.8. The maximum absolute atomic E-state index is 12.9. The molecule has 0 bridgehead atoms. The molecule has 0 spiro atoms. The number of amides is 1. The van der Waals surface area contributed by atoms with E-state index in [0.717, 1.165) is 23.2 Å². The fourth-order valence-corrected chi connectivity index (χ4v) is 3.85. The maximum Gasteiger partial charge on any atom is 0.262 e. The Kier molecular flexibility index (Phi) is 5.37. The van der Waals surface area contributed by atoms with Crippen molar-refractivity contribution in [2.75, 3.05) is 13.1 Å². The van der Waals surface area contributed by atoms with Crippen LogP contribution in [0.5, 0.6) is 5.75 Å².